The lowest BCUT2D eigenvalue weighted by Crippen LogP contribution is -2.32. The summed E-state index contributed by atoms with van der Waals surface area (Å²) < 4.78 is 0. The third-order valence-electron chi connectivity index (χ3n) is 2.59. The van der Waals surface area contributed by atoms with Gasteiger partial charge in [0.25, 0.3) is 0 Å². The third kappa shape index (κ3) is 12.0. The van der Waals surface area contributed by atoms with Gasteiger partial charge in [-0.25, -0.2) is 0 Å². The number of nitrogens with two attached hydrogens (primary N) is 1. The molecule has 1 fully saturated rings. The summed E-state index contributed by atoms with van der Waals surface area (Å²) in [4.78, 5) is 29.6. The lowest BCUT2D eigenvalue weighted by atomic mass is 10.2. The van der Waals surface area contributed by atoms with Crippen LogP contribution in [0.1, 0.15) is 26.2 Å². The normalized spacial score (nSPS) is 18.3. The highest BCUT2D eigenvalue weighted by Gasteiger charge is 2.28. The monoisotopic (exact) mass is 323 g/mol. The van der Waals surface area contributed by atoms with Gasteiger partial charge in [-0.2, -0.15) is 5.06 Å². The van der Waals surface area contributed by atoms with Crippen molar-refractivity contribution in [3.63, 3.8) is 0 Å². The van der Waals surface area contributed by atoms with E-state index >= 15 is 0 Å². The van der Waals surface area contributed by atoms with Crippen molar-refractivity contribution in [1.82, 2.24) is 10.4 Å². The summed E-state index contributed by atoms with van der Waals surface area (Å²) in [5, 5.41) is 36.4. The Kier molecular flexibility index (Phi) is 13.3. The lowest BCUT2D eigenvalue weighted by Gasteiger charge is -2.11. The minimum atomic E-state index is -0.935. The number of nitrogens with zero attached hydrogens (tertiary/aromatic N) is 1. The van der Waals surface area contributed by atoms with Gasteiger partial charge in [0, 0.05) is 6.54 Å². The summed E-state index contributed by atoms with van der Waals surface area (Å²) in [5.41, 5.74) is 5.02. The molecule has 2 unspecified atom stereocenters. The number of carboxylic acids is 3. The molecule has 1 heterocycles. The minimum absolute atomic E-state index is 0.0417. The van der Waals surface area contributed by atoms with Crippen molar-refractivity contribution in [1.29, 1.82) is 0 Å². The van der Waals surface area contributed by atoms with Crippen molar-refractivity contribution in [3.05, 3.63) is 0 Å². The highest BCUT2D eigenvalue weighted by molar-refractivity contribution is 5.73. The molecule has 7 N–H and O–H groups in total. The molecular formula is C12H25N3O7. The van der Waals surface area contributed by atoms with Crippen molar-refractivity contribution in [3.8, 4) is 0 Å². The number of hydroxylamine groups is 2. The van der Waals surface area contributed by atoms with Crippen LogP contribution in [-0.4, -0.2) is 75.7 Å². The van der Waals surface area contributed by atoms with Crippen LogP contribution < -0.4 is 11.1 Å². The van der Waals surface area contributed by atoms with Gasteiger partial charge in [0.2, 0.25) is 0 Å². The number of hydrogen-bond acceptors (Lipinski definition) is 7. The maximum atomic E-state index is 10.2. The second-order valence-electron chi connectivity index (χ2n) is 4.44. The Morgan fingerprint density at radius 2 is 1.86 bits per heavy atom. The van der Waals surface area contributed by atoms with Gasteiger partial charge in [-0.3, -0.25) is 14.4 Å². The van der Waals surface area contributed by atoms with E-state index in [0.29, 0.717) is 19.4 Å². The maximum absolute atomic E-state index is 10.2. The van der Waals surface area contributed by atoms with Gasteiger partial charge < -0.3 is 31.6 Å². The summed E-state index contributed by atoms with van der Waals surface area (Å²) in [5.74, 6) is -2.69. The van der Waals surface area contributed by atoms with Crippen LogP contribution in [0.5, 0.6) is 0 Å². The second-order valence-corrected chi connectivity index (χ2v) is 4.44. The first-order valence-corrected chi connectivity index (χ1v) is 6.70. The van der Waals surface area contributed by atoms with E-state index in [2.05, 4.69) is 5.32 Å². The topological polar surface area (TPSA) is 173 Å². The molecular weight excluding hydrogens is 298 g/mol. The van der Waals surface area contributed by atoms with Crippen molar-refractivity contribution in [2.24, 2.45) is 5.73 Å². The van der Waals surface area contributed by atoms with Crippen LogP contribution >= 0.6 is 0 Å². The molecule has 10 heteroatoms. The summed E-state index contributed by atoms with van der Waals surface area (Å²) in [6, 6.07) is -1.34. The highest BCUT2D eigenvalue weighted by atomic mass is 16.5. The molecule has 0 aromatic rings. The fourth-order valence-electron chi connectivity index (χ4n) is 1.33. The summed E-state index contributed by atoms with van der Waals surface area (Å²) in [7, 11) is 1.59. The molecule has 10 nitrogen and oxygen atoms in total. The fourth-order valence-corrected chi connectivity index (χ4v) is 1.33. The number of likely N-dealkylation sites (N-methyl/N-ethyl adjacent to an activating group) is 1. The zero-order valence-electron chi connectivity index (χ0n) is 12.7. The lowest BCUT2D eigenvalue weighted by molar-refractivity contribution is -0.161. The standard InChI is InChI=1S/C5H9NO3.C4H9NO2.C3H7NO2/c7-5(8)4-2-1-3-6(4)9;1-2-3(5)4(6)7;1-4-2-3(5)6/h4,9H,1-3H2,(H,7,8);3H,2,5H2,1H3,(H,6,7);4H,2H2,1H3,(H,5,6). The molecule has 1 aliphatic heterocycles. The van der Waals surface area contributed by atoms with Crippen LogP contribution in [-0.2, 0) is 14.4 Å². The van der Waals surface area contributed by atoms with E-state index in [1.807, 2.05) is 0 Å². The van der Waals surface area contributed by atoms with E-state index < -0.39 is 30.0 Å². The molecule has 0 spiro atoms. The van der Waals surface area contributed by atoms with Gasteiger partial charge in [-0.05, 0) is 26.3 Å². The van der Waals surface area contributed by atoms with E-state index in [0.717, 1.165) is 11.5 Å². The van der Waals surface area contributed by atoms with Gasteiger partial charge >= 0.3 is 17.9 Å². The minimum Gasteiger partial charge on any atom is -0.480 e. The van der Waals surface area contributed by atoms with E-state index in [1.54, 1.807) is 14.0 Å². The Morgan fingerprint density at radius 3 is 1.95 bits per heavy atom. The second kappa shape index (κ2) is 13.0. The quantitative estimate of drug-likeness (QED) is 0.369. The number of carbonyl (C=O) groups is 3. The maximum Gasteiger partial charge on any atom is 0.323 e. The predicted octanol–water partition coefficient (Wildman–Crippen LogP) is -0.977. The van der Waals surface area contributed by atoms with Crippen molar-refractivity contribution < 1.29 is 34.9 Å². The molecule has 0 bridgehead atoms. The van der Waals surface area contributed by atoms with Crippen molar-refractivity contribution in [2.75, 3.05) is 20.1 Å². The summed E-state index contributed by atoms with van der Waals surface area (Å²) in [6.45, 7) is 2.26. The Balaban J connectivity index is 0. The van der Waals surface area contributed by atoms with Crippen LogP contribution in [0.3, 0.4) is 0 Å². The van der Waals surface area contributed by atoms with Crippen molar-refractivity contribution >= 4 is 17.9 Å². The van der Waals surface area contributed by atoms with E-state index in [9.17, 15) is 14.4 Å². The predicted molar refractivity (Wildman–Crippen MR) is 76.6 cm³/mol. The van der Waals surface area contributed by atoms with Gasteiger partial charge in [0.15, 0.2) is 0 Å². The molecule has 1 aliphatic rings. The SMILES string of the molecule is CCC(N)C(=O)O.CNCC(=O)O.O=C(O)C1CCCN1O. The molecule has 0 amide bonds. The molecule has 0 radical (unpaired) electrons. The van der Waals surface area contributed by atoms with Crippen LogP contribution in [0.4, 0.5) is 0 Å². The Hall–Kier alpha value is -1.75. The number of hydrogen-bond donors (Lipinski definition) is 6. The molecule has 0 aromatic heterocycles. The molecule has 0 aliphatic carbocycles. The number of nitrogens with one attached hydrogen (secondary N) is 1. The Labute approximate surface area is 128 Å². The van der Waals surface area contributed by atoms with Gasteiger partial charge in [-0.1, -0.05) is 6.92 Å². The largest absolute Gasteiger partial charge is 0.480 e. The van der Waals surface area contributed by atoms with E-state index in [4.69, 9.17) is 26.3 Å². The summed E-state index contributed by atoms with van der Waals surface area (Å²) >= 11 is 0. The van der Waals surface area contributed by atoms with Crippen LogP contribution in [0.2, 0.25) is 0 Å². The molecule has 2 atom stereocenters. The van der Waals surface area contributed by atoms with E-state index in [1.165, 1.54) is 0 Å². The summed E-state index contributed by atoms with van der Waals surface area (Å²) in [6.07, 6.45) is 1.83. The molecule has 22 heavy (non-hydrogen) atoms. The number of carboxylic acid groups (broad SMARTS) is 3. The van der Waals surface area contributed by atoms with Gasteiger partial charge in [-0.15, -0.1) is 0 Å². The van der Waals surface area contributed by atoms with Crippen LogP contribution in [0, 0.1) is 0 Å². The molecule has 0 saturated carbocycles. The average Bonchev–Trinajstić information content (AvgIpc) is 2.85. The first kappa shape index (κ1) is 22.5. The molecule has 0 aromatic carbocycles. The zero-order chi connectivity index (χ0) is 17.7. The zero-order valence-corrected chi connectivity index (χ0v) is 12.7. The average molecular weight is 323 g/mol. The fraction of sp³-hybridized carbons (Fsp3) is 0.750. The van der Waals surface area contributed by atoms with Gasteiger partial charge in [0.05, 0.1) is 6.54 Å². The van der Waals surface area contributed by atoms with Crippen molar-refractivity contribution in [2.45, 2.75) is 38.3 Å². The first-order valence-electron chi connectivity index (χ1n) is 6.70. The Morgan fingerprint density at radius 1 is 1.32 bits per heavy atom. The molecule has 1 saturated heterocycles. The van der Waals surface area contributed by atoms with Gasteiger partial charge in [0.1, 0.15) is 12.1 Å². The smallest absolute Gasteiger partial charge is 0.323 e. The number of aliphatic carboxylic acids is 3. The van der Waals surface area contributed by atoms with Crippen LogP contribution in [0.25, 0.3) is 0 Å². The third-order valence-corrected chi connectivity index (χ3v) is 2.59. The first-order chi connectivity index (χ1) is 10.2. The molecule has 1 rings (SSSR count). The van der Waals surface area contributed by atoms with Crippen LogP contribution in [0.15, 0.2) is 0 Å². The van der Waals surface area contributed by atoms with E-state index in [-0.39, 0.29) is 6.54 Å². The highest BCUT2D eigenvalue weighted by Crippen LogP contribution is 2.13. The molecule has 130 valence electrons. The number of rotatable bonds is 5. The Bertz CT molecular complexity index is 352.